The lowest BCUT2D eigenvalue weighted by Crippen LogP contribution is -1.95. The molecule has 0 radical (unpaired) electrons. The second-order valence-corrected chi connectivity index (χ2v) is 3.37. The molecule has 2 rings (SSSR count). The zero-order valence-electron chi connectivity index (χ0n) is 8.25. The van der Waals surface area contributed by atoms with Gasteiger partial charge >= 0.3 is 0 Å². The molecule has 1 aliphatic rings. The number of hydrogen-bond acceptors (Lipinski definition) is 3. The number of phenolic OH excluding ortho intramolecular Hbond substituents is 1. The van der Waals surface area contributed by atoms with Gasteiger partial charge in [-0.05, 0) is 12.5 Å². The normalized spacial score (nSPS) is 13.5. The Hall–Kier alpha value is -1.38. The molecule has 0 atom stereocenters. The van der Waals surface area contributed by atoms with Crippen molar-refractivity contribution < 1.29 is 14.6 Å². The summed E-state index contributed by atoms with van der Waals surface area (Å²) in [6.45, 7) is 3.35. The smallest absolute Gasteiger partial charge is 0.164 e. The number of fused-ring (bicyclic) bond motifs is 1. The fraction of sp³-hybridized carbons (Fsp3) is 0.455. The van der Waals surface area contributed by atoms with Crippen molar-refractivity contribution in [3.8, 4) is 17.2 Å². The summed E-state index contributed by atoms with van der Waals surface area (Å²) in [5.41, 5.74) is 1.06. The summed E-state index contributed by atoms with van der Waals surface area (Å²) in [5, 5.41) is 9.62. The Morgan fingerprint density at radius 1 is 1.50 bits per heavy atom. The lowest BCUT2D eigenvalue weighted by atomic mass is 10.1. The SMILES string of the molecule is CCCOc1cc2c(cc1O)CCO2. The molecule has 3 heteroatoms. The summed E-state index contributed by atoms with van der Waals surface area (Å²) in [5.74, 6) is 1.57. The Morgan fingerprint density at radius 3 is 3.14 bits per heavy atom. The summed E-state index contributed by atoms with van der Waals surface area (Å²) in [4.78, 5) is 0. The Balaban J connectivity index is 2.23. The second kappa shape index (κ2) is 3.78. The maximum Gasteiger partial charge on any atom is 0.164 e. The quantitative estimate of drug-likeness (QED) is 0.801. The van der Waals surface area contributed by atoms with Gasteiger partial charge in [0.05, 0.1) is 13.2 Å². The van der Waals surface area contributed by atoms with Gasteiger partial charge in [0.15, 0.2) is 11.5 Å². The van der Waals surface area contributed by atoms with Gasteiger partial charge in [-0.25, -0.2) is 0 Å². The van der Waals surface area contributed by atoms with Gasteiger partial charge in [0, 0.05) is 18.1 Å². The third-order valence-electron chi connectivity index (χ3n) is 2.23. The molecule has 1 N–H and O–H groups in total. The fourth-order valence-corrected chi connectivity index (χ4v) is 1.52. The molecule has 1 heterocycles. The molecule has 0 saturated heterocycles. The van der Waals surface area contributed by atoms with Crippen molar-refractivity contribution in [2.75, 3.05) is 13.2 Å². The van der Waals surface area contributed by atoms with E-state index >= 15 is 0 Å². The van der Waals surface area contributed by atoms with Gasteiger partial charge in [0.25, 0.3) is 0 Å². The van der Waals surface area contributed by atoms with Crippen LogP contribution in [0, 0.1) is 0 Å². The van der Waals surface area contributed by atoms with Crippen LogP contribution in [0.2, 0.25) is 0 Å². The molecule has 0 spiro atoms. The minimum absolute atomic E-state index is 0.211. The maximum atomic E-state index is 9.62. The molecule has 1 aromatic rings. The van der Waals surface area contributed by atoms with E-state index in [2.05, 4.69) is 0 Å². The van der Waals surface area contributed by atoms with Gasteiger partial charge in [-0.1, -0.05) is 6.92 Å². The number of rotatable bonds is 3. The van der Waals surface area contributed by atoms with E-state index < -0.39 is 0 Å². The molecule has 0 bridgehead atoms. The van der Waals surface area contributed by atoms with Gasteiger partial charge in [-0.15, -0.1) is 0 Å². The summed E-state index contributed by atoms with van der Waals surface area (Å²) in [6.07, 6.45) is 1.80. The lowest BCUT2D eigenvalue weighted by molar-refractivity contribution is 0.296. The molecule has 3 nitrogen and oxygen atoms in total. The van der Waals surface area contributed by atoms with Crippen LogP contribution < -0.4 is 9.47 Å². The van der Waals surface area contributed by atoms with E-state index in [1.165, 1.54) is 0 Å². The Morgan fingerprint density at radius 2 is 2.36 bits per heavy atom. The monoisotopic (exact) mass is 194 g/mol. The first-order valence-corrected chi connectivity index (χ1v) is 4.92. The van der Waals surface area contributed by atoms with Gasteiger partial charge in [-0.3, -0.25) is 0 Å². The van der Waals surface area contributed by atoms with E-state index in [0.717, 1.165) is 24.2 Å². The maximum absolute atomic E-state index is 9.62. The van der Waals surface area contributed by atoms with E-state index in [-0.39, 0.29) is 5.75 Å². The molecule has 1 aliphatic heterocycles. The summed E-state index contributed by atoms with van der Waals surface area (Å²) in [7, 11) is 0. The largest absolute Gasteiger partial charge is 0.504 e. The summed E-state index contributed by atoms with van der Waals surface area (Å²) < 4.78 is 10.8. The van der Waals surface area contributed by atoms with Crippen LogP contribution in [0.1, 0.15) is 18.9 Å². The molecule has 76 valence electrons. The summed E-state index contributed by atoms with van der Waals surface area (Å²) in [6, 6.07) is 3.50. The number of ether oxygens (including phenoxy) is 2. The molecule has 14 heavy (non-hydrogen) atoms. The average molecular weight is 194 g/mol. The highest BCUT2D eigenvalue weighted by atomic mass is 16.5. The molecular formula is C11H14O3. The predicted octanol–water partition coefficient (Wildman–Crippen LogP) is 2.12. The van der Waals surface area contributed by atoms with Crippen molar-refractivity contribution in [2.24, 2.45) is 0 Å². The van der Waals surface area contributed by atoms with Crippen LogP contribution in [0.4, 0.5) is 0 Å². The van der Waals surface area contributed by atoms with E-state index in [1.54, 1.807) is 12.1 Å². The molecule has 0 fully saturated rings. The van der Waals surface area contributed by atoms with E-state index in [9.17, 15) is 5.11 Å². The predicted molar refractivity (Wildman–Crippen MR) is 53.1 cm³/mol. The van der Waals surface area contributed by atoms with Crippen LogP contribution in [0.5, 0.6) is 17.2 Å². The van der Waals surface area contributed by atoms with Crippen LogP contribution in [0.25, 0.3) is 0 Å². The van der Waals surface area contributed by atoms with Crippen LogP contribution in [0.3, 0.4) is 0 Å². The Labute approximate surface area is 83.3 Å². The standard InChI is InChI=1S/C11H14O3/c1-2-4-13-11-7-10-8(3-5-14-10)6-9(11)12/h6-7,12H,2-5H2,1H3. The van der Waals surface area contributed by atoms with Crippen molar-refractivity contribution >= 4 is 0 Å². The highest BCUT2D eigenvalue weighted by molar-refractivity contribution is 5.51. The first-order valence-electron chi connectivity index (χ1n) is 4.92. The zero-order valence-corrected chi connectivity index (χ0v) is 8.25. The highest BCUT2D eigenvalue weighted by Crippen LogP contribution is 2.36. The van der Waals surface area contributed by atoms with E-state index in [0.29, 0.717) is 19.0 Å². The van der Waals surface area contributed by atoms with Crippen molar-refractivity contribution in [2.45, 2.75) is 19.8 Å². The number of phenols is 1. The second-order valence-electron chi connectivity index (χ2n) is 3.37. The number of hydrogen-bond donors (Lipinski definition) is 1. The molecule has 0 aromatic heterocycles. The average Bonchev–Trinajstić information content (AvgIpc) is 2.61. The fourth-order valence-electron chi connectivity index (χ4n) is 1.52. The minimum atomic E-state index is 0.211. The molecule has 0 unspecified atom stereocenters. The third-order valence-corrected chi connectivity index (χ3v) is 2.23. The van der Waals surface area contributed by atoms with Crippen LogP contribution in [0.15, 0.2) is 12.1 Å². The van der Waals surface area contributed by atoms with Gasteiger partial charge in [-0.2, -0.15) is 0 Å². The lowest BCUT2D eigenvalue weighted by Gasteiger charge is -2.08. The number of benzene rings is 1. The van der Waals surface area contributed by atoms with Crippen molar-refractivity contribution in [1.29, 1.82) is 0 Å². The van der Waals surface area contributed by atoms with Crippen LogP contribution >= 0.6 is 0 Å². The molecule has 0 saturated carbocycles. The molecule has 1 aromatic carbocycles. The topological polar surface area (TPSA) is 38.7 Å². The summed E-state index contributed by atoms with van der Waals surface area (Å²) >= 11 is 0. The van der Waals surface area contributed by atoms with Crippen LogP contribution in [-0.2, 0) is 6.42 Å². The third kappa shape index (κ3) is 1.62. The van der Waals surface area contributed by atoms with Crippen molar-refractivity contribution in [3.63, 3.8) is 0 Å². The van der Waals surface area contributed by atoms with Crippen molar-refractivity contribution in [1.82, 2.24) is 0 Å². The molecular weight excluding hydrogens is 180 g/mol. The van der Waals surface area contributed by atoms with Gasteiger partial charge < -0.3 is 14.6 Å². The number of aromatic hydroxyl groups is 1. The van der Waals surface area contributed by atoms with E-state index in [1.807, 2.05) is 6.92 Å². The van der Waals surface area contributed by atoms with Gasteiger partial charge in [0.1, 0.15) is 5.75 Å². The Kier molecular flexibility index (Phi) is 2.48. The highest BCUT2D eigenvalue weighted by Gasteiger charge is 2.16. The Bertz CT molecular complexity index is 334. The first-order chi connectivity index (χ1) is 6.81. The van der Waals surface area contributed by atoms with Gasteiger partial charge in [0.2, 0.25) is 0 Å². The van der Waals surface area contributed by atoms with Crippen LogP contribution in [-0.4, -0.2) is 18.3 Å². The molecule has 0 amide bonds. The van der Waals surface area contributed by atoms with E-state index in [4.69, 9.17) is 9.47 Å². The first kappa shape index (κ1) is 9.19. The zero-order chi connectivity index (χ0) is 9.97. The minimum Gasteiger partial charge on any atom is -0.504 e. The van der Waals surface area contributed by atoms with Crippen molar-refractivity contribution in [3.05, 3.63) is 17.7 Å². The molecule has 0 aliphatic carbocycles.